The van der Waals surface area contributed by atoms with E-state index in [0.717, 1.165) is 45.2 Å². The molecule has 1 aliphatic heterocycles. The number of piperazine rings is 1. The lowest BCUT2D eigenvalue weighted by atomic mass is 9.85. The molecule has 112 valence electrons. The van der Waals surface area contributed by atoms with Gasteiger partial charge in [-0.05, 0) is 25.8 Å². The van der Waals surface area contributed by atoms with Crippen LogP contribution < -0.4 is 5.32 Å². The number of nitrogens with zero attached hydrogens (tertiary/aromatic N) is 2. The van der Waals surface area contributed by atoms with Gasteiger partial charge >= 0.3 is 0 Å². The van der Waals surface area contributed by atoms with Crippen molar-refractivity contribution in [1.29, 1.82) is 0 Å². The molecule has 1 aliphatic carbocycles. The zero-order chi connectivity index (χ0) is 13.7. The third kappa shape index (κ3) is 4.71. The first-order valence-corrected chi connectivity index (χ1v) is 7.98. The standard InChI is InChI=1S/C15H31N3O/c1-13-5-3-4-6-15(13)17(2)11-14(19)12-18-9-7-16-8-10-18/h13-16,19H,3-12H2,1-2H3. The zero-order valence-corrected chi connectivity index (χ0v) is 12.6. The normalized spacial score (nSPS) is 31.6. The van der Waals surface area contributed by atoms with Crippen LogP contribution in [0.4, 0.5) is 0 Å². The monoisotopic (exact) mass is 269 g/mol. The van der Waals surface area contributed by atoms with Crippen LogP contribution >= 0.6 is 0 Å². The average molecular weight is 269 g/mol. The Hall–Kier alpha value is -0.160. The topological polar surface area (TPSA) is 38.7 Å². The van der Waals surface area contributed by atoms with Gasteiger partial charge in [-0.3, -0.25) is 4.90 Å². The maximum Gasteiger partial charge on any atom is 0.0793 e. The van der Waals surface area contributed by atoms with Gasteiger partial charge < -0.3 is 15.3 Å². The van der Waals surface area contributed by atoms with Gasteiger partial charge in [0.1, 0.15) is 0 Å². The molecule has 2 fully saturated rings. The van der Waals surface area contributed by atoms with Crippen LogP contribution in [0.2, 0.25) is 0 Å². The molecule has 0 aromatic carbocycles. The van der Waals surface area contributed by atoms with Crippen LogP contribution in [0.3, 0.4) is 0 Å². The average Bonchev–Trinajstić information content (AvgIpc) is 2.40. The molecule has 4 heteroatoms. The number of aliphatic hydroxyl groups excluding tert-OH is 1. The number of β-amino-alcohol motifs (C(OH)–C–C–N with tert-alkyl or cyclic N) is 1. The summed E-state index contributed by atoms with van der Waals surface area (Å²) in [5, 5.41) is 13.6. The number of hydrogen-bond donors (Lipinski definition) is 2. The summed E-state index contributed by atoms with van der Waals surface area (Å²) in [6.07, 6.45) is 5.18. The lowest BCUT2D eigenvalue weighted by Crippen LogP contribution is -2.49. The molecule has 3 atom stereocenters. The van der Waals surface area contributed by atoms with Gasteiger partial charge in [-0.25, -0.2) is 0 Å². The molecule has 1 saturated heterocycles. The first kappa shape index (κ1) is 15.2. The Labute approximate surface area is 118 Å². The molecule has 0 amide bonds. The molecule has 0 aromatic rings. The molecule has 0 spiro atoms. The summed E-state index contributed by atoms with van der Waals surface area (Å²) in [5.74, 6) is 0.783. The lowest BCUT2D eigenvalue weighted by molar-refractivity contribution is 0.0459. The number of likely N-dealkylation sites (N-methyl/N-ethyl adjacent to an activating group) is 1. The second-order valence-corrected chi connectivity index (χ2v) is 6.47. The molecule has 1 heterocycles. The van der Waals surface area contributed by atoms with Crippen molar-refractivity contribution in [3.8, 4) is 0 Å². The van der Waals surface area contributed by atoms with Gasteiger partial charge in [0.15, 0.2) is 0 Å². The molecule has 2 N–H and O–H groups in total. The minimum atomic E-state index is -0.211. The molecule has 2 rings (SSSR count). The molecule has 1 saturated carbocycles. The van der Waals surface area contributed by atoms with E-state index in [4.69, 9.17) is 0 Å². The van der Waals surface area contributed by atoms with Crippen molar-refractivity contribution in [2.24, 2.45) is 5.92 Å². The second kappa shape index (κ2) is 7.58. The quantitative estimate of drug-likeness (QED) is 0.773. The first-order valence-electron chi connectivity index (χ1n) is 7.98. The summed E-state index contributed by atoms with van der Waals surface area (Å²) in [6.45, 7) is 8.26. The Balaban J connectivity index is 1.72. The van der Waals surface area contributed by atoms with Gasteiger partial charge in [-0.1, -0.05) is 19.8 Å². The van der Waals surface area contributed by atoms with Gasteiger partial charge in [-0.2, -0.15) is 0 Å². The molecular formula is C15H31N3O. The van der Waals surface area contributed by atoms with E-state index >= 15 is 0 Å². The van der Waals surface area contributed by atoms with Crippen LogP contribution in [0.1, 0.15) is 32.6 Å². The zero-order valence-electron chi connectivity index (χ0n) is 12.6. The van der Waals surface area contributed by atoms with E-state index in [1.165, 1.54) is 25.7 Å². The molecular weight excluding hydrogens is 238 g/mol. The lowest BCUT2D eigenvalue weighted by Gasteiger charge is -2.38. The molecule has 2 aliphatic rings. The fourth-order valence-corrected chi connectivity index (χ4v) is 3.67. The van der Waals surface area contributed by atoms with Gasteiger partial charge in [0.2, 0.25) is 0 Å². The molecule has 0 radical (unpaired) electrons. The summed E-state index contributed by atoms with van der Waals surface area (Å²) in [4.78, 5) is 4.77. The molecule has 3 unspecified atom stereocenters. The SMILES string of the molecule is CC1CCCCC1N(C)CC(O)CN1CCNCC1. The van der Waals surface area contributed by atoms with Crippen molar-refractivity contribution >= 4 is 0 Å². The number of rotatable bonds is 5. The van der Waals surface area contributed by atoms with Crippen molar-refractivity contribution in [2.45, 2.75) is 44.8 Å². The van der Waals surface area contributed by atoms with Crippen LogP contribution in [0.25, 0.3) is 0 Å². The van der Waals surface area contributed by atoms with E-state index in [-0.39, 0.29) is 6.10 Å². The third-order valence-corrected chi connectivity index (χ3v) is 4.81. The Bertz CT molecular complexity index is 256. The van der Waals surface area contributed by atoms with Crippen LogP contribution in [-0.2, 0) is 0 Å². The molecule has 0 aromatic heterocycles. The van der Waals surface area contributed by atoms with E-state index in [1.807, 2.05) is 0 Å². The van der Waals surface area contributed by atoms with Crippen molar-refractivity contribution < 1.29 is 5.11 Å². The van der Waals surface area contributed by atoms with Gasteiger partial charge in [0.05, 0.1) is 6.10 Å². The smallest absolute Gasteiger partial charge is 0.0793 e. The predicted octanol–water partition coefficient (Wildman–Crippen LogP) is 0.763. The van der Waals surface area contributed by atoms with E-state index < -0.39 is 0 Å². The Morgan fingerprint density at radius 3 is 2.63 bits per heavy atom. The number of aliphatic hydroxyl groups is 1. The van der Waals surface area contributed by atoms with Gasteiger partial charge in [0, 0.05) is 45.3 Å². The van der Waals surface area contributed by atoms with Crippen LogP contribution in [0, 0.1) is 5.92 Å². The first-order chi connectivity index (χ1) is 9.16. The van der Waals surface area contributed by atoms with Crippen molar-refractivity contribution in [3.63, 3.8) is 0 Å². The van der Waals surface area contributed by atoms with E-state index in [9.17, 15) is 5.11 Å². The number of hydrogen-bond acceptors (Lipinski definition) is 4. The van der Waals surface area contributed by atoms with Crippen LogP contribution in [-0.4, -0.2) is 73.4 Å². The summed E-state index contributed by atoms with van der Waals surface area (Å²) < 4.78 is 0. The fraction of sp³-hybridized carbons (Fsp3) is 1.00. The van der Waals surface area contributed by atoms with Crippen LogP contribution in [0.5, 0.6) is 0 Å². The summed E-state index contributed by atoms with van der Waals surface area (Å²) in [5.41, 5.74) is 0. The molecule has 4 nitrogen and oxygen atoms in total. The second-order valence-electron chi connectivity index (χ2n) is 6.47. The Morgan fingerprint density at radius 1 is 1.26 bits per heavy atom. The largest absolute Gasteiger partial charge is 0.390 e. The Kier molecular flexibility index (Phi) is 6.07. The minimum Gasteiger partial charge on any atom is -0.390 e. The van der Waals surface area contributed by atoms with Crippen molar-refractivity contribution in [3.05, 3.63) is 0 Å². The summed E-state index contributed by atoms with van der Waals surface area (Å²) in [6, 6.07) is 0.673. The Morgan fingerprint density at radius 2 is 1.95 bits per heavy atom. The molecule has 19 heavy (non-hydrogen) atoms. The van der Waals surface area contributed by atoms with E-state index in [2.05, 4.69) is 29.1 Å². The summed E-state index contributed by atoms with van der Waals surface area (Å²) in [7, 11) is 2.19. The highest BCUT2D eigenvalue weighted by Crippen LogP contribution is 2.27. The number of nitrogens with one attached hydrogen (secondary N) is 1. The van der Waals surface area contributed by atoms with E-state index in [0.29, 0.717) is 6.04 Å². The highest BCUT2D eigenvalue weighted by atomic mass is 16.3. The molecule has 0 bridgehead atoms. The highest BCUT2D eigenvalue weighted by molar-refractivity contribution is 4.81. The fourth-order valence-electron chi connectivity index (χ4n) is 3.67. The van der Waals surface area contributed by atoms with Gasteiger partial charge in [0.25, 0.3) is 0 Å². The summed E-state index contributed by atoms with van der Waals surface area (Å²) >= 11 is 0. The minimum absolute atomic E-state index is 0.211. The predicted molar refractivity (Wildman–Crippen MR) is 79.4 cm³/mol. The third-order valence-electron chi connectivity index (χ3n) is 4.81. The maximum absolute atomic E-state index is 10.3. The van der Waals surface area contributed by atoms with Crippen molar-refractivity contribution in [2.75, 3.05) is 46.3 Å². The van der Waals surface area contributed by atoms with Crippen molar-refractivity contribution in [1.82, 2.24) is 15.1 Å². The van der Waals surface area contributed by atoms with Gasteiger partial charge in [-0.15, -0.1) is 0 Å². The van der Waals surface area contributed by atoms with E-state index in [1.54, 1.807) is 0 Å². The highest BCUT2D eigenvalue weighted by Gasteiger charge is 2.26. The maximum atomic E-state index is 10.3. The van der Waals surface area contributed by atoms with Crippen LogP contribution in [0.15, 0.2) is 0 Å².